The molecule has 1 aliphatic rings. The Morgan fingerprint density at radius 1 is 1.20 bits per heavy atom. The fourth-order valence-corrected chi connectivity index (χ4v) is 4.18. The van der Waals surface area contributed by atoms with Crippen molar-refractivity contribution < 1.29 is 9.21 Å². The quantitative estimate of drug-likeness (QED) is 0.557. The van der Waals surface area contributed by atoms with Crippen molar-refractivity contribution in [1.29, 1.82) is 0 Å². The summed E-state index contributed by atoms with van der Waals surface area (Å²) in [5.41, 5.74) is 2.55. The minimum Gasteiger partial charge on any atom is -0.459 e. The molecule has 1 fully saturated rings. The average Bonchev–Trinajstić information content (AvgIpc) is 3.38. The first-order valence-electron chi connectivity index (χ1n) is 10.2. The number of para-hydroxylation sites is 1. The predicted octanol–water partition coefficient (Wildman–Crippen LogP) is 2.67. The molecule has 3 aromatic heterocycles. The second-order valence-electron chi connectivity index (χ2n) is 7.80. The lowest BCUT2D eigenvalue weighted by molar-refractivity contribution is -0.126. The summed E-state index contributed by atoms with van der Waals surface area (Å²) < 4.78 is 7.42. The summed E-state index contributed by atoms with van der Waals surface area (Å²) in [6.45, 7) is 5.54. The molecule has 1 saturated heterocycles. The molecule has 1 amide bonds. The minimum absolute atomic E-state index is 0.0230. The zero-order chi connectivity index (χ0) is 20.7. The van der Waals surface area contributed by atoms with E-state index in [4.69, 9.17) is 4.42 Å². The third-order valence-electron chi connectivity index (χ3n) is 5.88. The Bertz CT molecular complexity index is 1210. The number of carbonyl (C=O) groups excluding carboxylic acids is 1. The van der Waals surface area contributed by atoms with Gasteiger partial charge in [0.15, 0.2) is 11.5 Å². The van der Waals surface area contributed by atoms with E-state index < -0.39 is 0 Å². The maximum absolute atomic E-state index is 12.9. The van der Waals surface area contributed by atoms with Crippen LogP contribution in [0.3, 0.4) is 0 Å². The topological polar surface area (TPSA) is 101 Å². The molecule has 154 valence electrons. The lowest BCUT2D eigenvalue weighted by Gasteiger charge is -2.32. The Morgan fingerprint density at radius 3 is 2.80 bits per heavy atom. The zero-order valence-corrected chi connectivity index (χ0v) is 16.9. The lowest BCUT2D eigenvalue weighted by atomic mass is 9.95. The van der Waals surface area contributed by atoms with Crippen molar-refractivity contribution in [2.75, 3.05) is 18.0 Å². The molecule has 9 heteroatoms. The number of benzene rings is 1. The number of aryl methyl sites for hydroxylation is 1. The van der Waals surface area contributed by atoms with Crippen molar-refractivity contribution in [3.05, 3.63) is 47.7 Å². The first-order valence-corrected chi connectivity index (χ1v) is 10.2. The van der Waals surface area contributed by atoms with Gasteiger partial charge in [0.1, 0.15) is 11.3 Å². The van der Waals surface area contributed by atoms with Gasteiger partial charge in [0.25, 0.3) is 0 Å². The van der Waals surface area contributed by atoms with Gasteiger partial charge in [0.05, 0.1) is 6.04 Å². The predicted molar refractivity (Wildman–Crippen MR) is 111 cm³/mol. The number of furan rings is 1. The van der Waals surface area contributed by atoms with Crippen molar-refractivity contribution in [2.24, 2.45) is 5.92 Å². The third kappa shape index (κ3) is 3.26. The van der Waals surface area contributed by atoms with Crippen LogP contribution in [0.4, 0.5) is 5.82 Å². The fourth-order valence-electron chi connectivity index (χ4n) is 4.18. The summed E-state index contributed by atoms with van der Waals surface area (Å²) in [5, 5.41) is 20.0. The number of piperidine rings is 1. The average molecular weight is 405 g/mol. The van der Waals surface area contributed by atoms with Crippen LogP contribution in [0.5, 0.6) is 0 Å². The van der Waals surface area contributed by atoms with Gasteiger partial charge in [-0.05, 0) is 55.3 Å². The van der Waals surface area contributed by atoms with Gasteiger partial charge < -0.3 is 14.6 Å². The van der Waals surface area contributed by atoms with Gasteiger partial charge >= 0.3 is 0 Å². The summed E-state index contributed by atoms with van der Waals surface area (Å²) in [6, 6.07) is 11.5. The maximum atomic E-state index is 12.9. The standard InChI is InChI=1S/C21H23N7O2/c1-13-16-5-3-4-6-17(16)30-20(13)14(2)22-21(29)15-9-11-27(12-10-15)19-8-7-18-23-25-26-28(18)24-19/h3-8,14-15H,9-12H2,1-2H3,(H,22,29). The highest BCUT2D eigenvalue weighted by Gasteiger charge is 2.28. The number of fused-ring (bicyclic) bond motifs is 2. The van der Waals surface area contributed by atoms with Crippen molar-refractivity contribution in [3.63, 3.8) is 0 Å². The largest absolute Gasteiger partial charge is 0.459 e. The van der Waals surface area contributed by atoms with Gasteiger partial charge in [-0.1, -0.05) is 18.2 Å². The van der Waals surface area contributed by atoms with Crippen LogP contribution in [-0.2, 0) is 4.79 Å². The van der Waals surface area contributed by atoms with Gasteiger partial charge in [0, 0.05) is 30.0 Å². The molecule has 1 aromatic carbocycles. The van der Waals surface area contributed by atoms with Crippen molar-refractivity contribution in [2.45, 2.75) is 32.7 Å². The summed E-state index contributed by atoms with van der Waals surface area (Å²) in [7, 11) is 0. The maximum Gasteiger partial charge on any atom is 0.223 e. The van der Waals surface area contributed by atoms with Crippen LogP contribution in [0.15, 0.2) is 40.8 Å². The number of nitrogens with one attached hydrogen (secondary N) is 1. The van der Waals surface area contributed by atoms with Gasteiger partial charge in [0.2, 0.25) is 5.91 Å². The Kier molecular flexibility index (Phi) is 4.57. The Morgan fingerprint density at radius 2 is 2.00 bits per heavy atom. The minimum atomic E-state index is -0.174. The number of hydrogen-bond acceptors (Lipinski definition) is 7. The SMILES string of the molecule is Cc1c(C(C)NC(=O)C2CCN(c3ccc4nnnn4n3)CC2)oc2ccccc12. The fraction of sp³-hybridized carbons (Fsp3) is 0.381. The number of carbonyl (C=O) groups is 1. The summed E-state index contributed by atoms with van der Waals surface area (Å²) in [6.07, 6.45) is 1.54. The number of hydrogen-bond donors (Lipinski definition) is 1. The molecule has 0 bridgehead atoms. The highest BCUT2D eigenvalue weighted by atomic mass is 16.3. The molecule has 0 radical (unpaired) electrons. The molecule has 1 N–H and O–H groups in total. The molecule has 30 heavy (non-hydrogen) atoms. The second kappa shape index (κ2) is 7.40. The molecular formula is C21H23N7O2. The van der Waals surface area contributed by atoms with Gasteiger partial charge in [-0.25, -0.2) is 0 Å². The number of rotatable bonds is 4. The van der Waals surface area contributed by atoms with Gasteiger partial charge in [-0.15, -0.1) is 14.8 Å². The zero-order valence-electron chi connectivity index (χ0n) is 16.9. The lowest BCUT2D eigenvalue weighted by Crippen LogP contribution is -2.41. The second-order valence-corrected chi connectivity index (χ2v) is 7.80. The molecular weight excluding hydrogens is 382 g/mol. The number of tetrazole rings is 1. The van der Waals surface area contributed by atoms with Gasteiger partial charge in [-0.3, -0.25) is 4.79 Å². The molecule has 5 rings (SSSR count). The summed E-state index contributed by atoms with van der Waals surface area (Å²) in [4.78, 5) is 15.0. The molecule has 0 saturated carbocycles. The first kappa shape index (κ1) is 18.5. The van der Waals surface area contributed by atoms with Crippen LogP contribution in [0, 0.1) is 12.8 Å². The molecule has 0 aliphatic carbocycles. The van der Waals surface area contributed by atoms with Crippen LogP contribution < -0.4 is 10.2 Å². The summed E-state index contributed by atoms with van der Waals surface area (Å²) in [5.74, 6) is 1.69. The molecule has 9 nitrogen and oxygen atoms in total. The van der Waals surface area contributed by atoms with E-state index in [2.05, 4.69) is 30.8 Å². The van der Waals surface area contributed by atoms with Crippen LogP contribution in [0.2, 0.25) is 0 Å². The molecule has 1 unspecified atom stereocenters. The Labute approximate surface area is 173 Å². The smallest absolute Gasteiger partial charge is 0.223 e. The van der Waals surface area contributed by atoms with E-state index >= 15 is 0 Å². The number of amides is 1. The monoisotopic (exact) mass is 405 g/mol. The molecule has 0 spiro atoms. The van der Waals surface area contributed by atoms with E-state index in [1.165, 1.54) is 4.63 Å². The van der Waals surface area contributed by atoms with Crippen LogP contribution in [-0.4, -0.2) is 44.3 Å². The first-order chi connectivity index (χ1) is 14.6. The van der Waals surface area contributed by atoms with E-state index in [0.29, 0.717) is 5.65 Å². The molecule has 4 aromatic rings. The highest BCUT2D eigenvalue weighted by molar-refractivity contribution is 5.83. The summed E-state index contributed by atoms with van der Waals surface area (Å²) >= 11 is 0. The van der Waals surface area contributed by atoms with E-state index in [1.807, 2.05) is 50.2 Å². The molecule has 1 aliphatic heterocycles. The Hall–Kier alpha value is -3.49. The van der Waals surface area contributed by atoms with Crippen molar-refractivity contribution in [3.8, 4) is 0 Å². The number of aromatic nitrogens is 5. The molecule has 1 atom stereocenters. The van der Waals surface area contributed by atoms with E-state index in [1.54, 1.807) is 0 Å². The van der Waals surface area contributed by atoms with Crippen LogP contribution in [0.1, 0.15) is 37.1 Å². The Balaban J connectivity index is 1.22. The van der Waals surface area contributed by atoms with Gasteiger partial charge in [-0.2, -0.15) is 0 Å². The van der Waals surface area contributed by atoms with E-state index in [0.717, 1.165) is 54.0 Å². The molecule has 4 heterocycles. The number of nitrogens with zero attached hydrogens (tertiary/aromatic N) is 6. The van der Waals surface area contributed by atoms with Crippen molar-refractivity contribution >= 4 is 28.3 Å². The number of anilines is 1. The third-order valence-corrected chi connectivity index (χ3v) is 5.88. The van der Waals surface area contributed by atoms with Crippen LogP contribution in [0.25, 0.3) is 16.6 Å². The van der Waals surface area contributed by atoms with E-state index in [9.17, 15) is 4.79 Å². The highest BCUT2D eigenvalue weighted by Crippen LogP contribution is 2.30. The van der Waals surface area contributed by atoms with E-state index in [-0.39, 0.29) is 17.9 Å². The van der Waals surface area contributed by atoms with Crippen LogP contribution >= 0.6 is 0 Å². The van der Waals surface area contributed by atoms with Crippen molar-refractivity contribution in [1.82, 2.24) is 30.6 Å². The normalized spacial score (nSPS) is 16.3.